The fraction of sp³-hybridized carbons (Fsp3) is 0.435. The standard InChI is InChI=1S/C23H31N2O6P/c1-18(25-17-29-13-14-30-22-5-3-2-4-6-22)19-7-9-20(10-8-19)21-11-12-23(24,15-21)16-31-32(26,27)28/h2-10,21H,11-17,24H2,1H3,(H2,26,27,28)/t21-,23-/m1/s1. The second-order valence-corrected chi connectivity index (χ2v) is 9.37. The van der Waals surface area contributed by atoms with E-state index in [0.29, 0.717) is 26.1 Å². The van der Waals surface area contributed by atoms with Crippen molar-refractivity contribution in [2.24, 2.45) is 10.7 Å². The molecule has 0 bridgehead atoms. The van der Waals surface area contributed by atoms with Crippen molar-refractivity contribution in [1.82, 2.24) is 0 Å². The molecule has 2 aromatic rings. The van der Waals surface area contributed by atoms with Gasteiger partial charge in [-0.3, -0.25) is 9.52 Å². The zero-order valence-corrected chi connectivity index (χ0v) is 19.1. The molecular weight excluding hydrogens is 431 g/mol. The van der Waals surface area contributed by atoms with Crippen LogP contribution in [0.15, 0.2) is 59.6 Å². The first kappa shape index (κ1) is 24.6. The van der Waals surface area contributed by atoms with Crippen molar-refractivity contribution in [3.8, 4) is 5.75 Å². The van der Waals surface area contributed by atoms with Gasteiger partial charge in [0, 0.05) is 11.3 Å². The van der Waals surface area contributed by atoms with Crippen LogP contribution in [0.4, 0.5) is 0 Å². The third-order valence-corrected chi connectivity index (χ3v) is 6.06. The van der Waals surface area contributed by atoms with Crippen molar-refractivity contribution in [2.45, 2.75) is 37.6 Å². The van der Waals surface area contributed by atoms with Gasteiger partial charge in [0.25, 0.3) is 0 Å². The maximum Gasteiger partial charge on any atom is 0.469 e. The second kappa shape index (κ2) is 11.2. The lowest BCUT2D eigenvalue weighted by atomic mass is 9.93. The molecule has 8 nitrogen and oxygen atoms in total. The Morgan fingerprint density at radius 3 is 2.56 bits per heavy atom. The lowest BCUT2D eigenvalue weighted by molar-refractivity contribution is 0.106. The summed E-state index contributed by atoms with van der Waals surface area (Å²) in [4.78, 5) is 22.3. The largest absolute Gasteiger partial charge is 0.491 e. The molecular formula is C23H31N2O6P. The summed E-state index contributed by atoms with van der Waals surface area (Å²) in [6.45, 7) is 2.99. The summed E-state index contributed by atoms with van der Waals surface area (Å²) in [5.41, 5.74) is 8.62. The summed E-state index contributed by atoms with van der Waals surface area (Å²) < 4.78 is 26.7. The number of hydrogen-bond acceptors (Lipinski definition) is 6. The number of phosphoric ester groups is 1. The van der Waals surface area contributed by atoms with E-state index in [-0.39, 0.29) is 19.3 Å². The lowest BCUT2D eigenvalue weighted by Crippen LogP contribution is -2.41. The van der Waals surface area contributed by atoms with E-state index in [2.05, 4.69) is 21.6 Å². The van der Waals surface area contributed by atoms with Gasteiger partial charge >= 0.3 is 7.82 Å². The molecule has 1 aliphatic carbocycles. The van der Waals surface area contributed by atoms with E-state index in [1.54, 1.807) is 0 Å². The number of ether oxygens (including phenoxy) is 2. The maximum atomic E-state index is 11.0. The summed E-state index contributed by atoms with van der Waals surface area (Å²) in [5, 5.41) is 0. The number of hydrogen-bond donors (Lipinski definition) is 3. The van der Waals surface area contributed by atoms with Crippen molar-refractivity contribution in [3.63, 3.8) is 0 Å². The van der Waals surface area contributed by atoms with Crippen molar-refractivity contribution < 1.29 is 28.3 Å². The Morgan fingerprint density at radius 2 is 1.88 bits per heavy atom. The molecule has 0 heterocycles. The molecule has 9 heteroatoms. The highest BCUT2D eigenvalue weighted by atomic mass is 31.2. The third kappa shape index (κ3) is 7.81. The molecule has 2 aromatic carbocycles. The number of benzene rings is 2. The summed E-state index contributed by atoms with van der Waals surface area (Å²) in [7, 11) is -4.51. The van der Waals surface area contributed by atoms with Crippen LogP contribution in [0, 0.1) is 0 Å². The minimum absolute atomic E-state index is 0.145. The molecule has 0 aromatic heterocycles. The Labute approximate surface area is 188 Å². The van der Waals surface area contributed by atoms with Crippen LogP contribution in [0.5, 0.6) is 5.75 Å². The molecule has 32 heavy (non-hydrogen) atoms. The fourth-order valence-corrected chi connectivity index (χ4v) is 4.24. The molecule has 0 saturated heterocycles. The molecule has 0 radical (unpaired) electrons. The Balaban J connectivity index is 1.43. The van der Waals surface area contributed by atoms with Gasteiger partial charge in [-0.05, 0) is 55.4 Å². The number of phosphoric acid groups is 1. The minimum atomic E-state index is -4.51. The van der Waals surface area contributed by atoms with Gasteiger partial charge in [-0.2, -0.15) is 0 Å². The number of aliphatic imine (C=N–C) groups is 1. The van der Waals surface area contributed by atoms with Crippen molar-refractivity contribution in [1.29, 1.82) is 0 Å². The van der Waals surface area contributed by atoms with E-state index >= 15 is 0 Å². The maximum absolute atomic E-state index is 11.0. The average molecular weight is 462 g/mol. The highest BCUT2D eigenvalue weighted by molar-refractivity contribution is 7.46. The van der Waals surface area contributed by atoms with Crippen LogP contribution in [0.1, 0.15) is 43.2 Å². The van der Waals surface area contributed by atoms with E-state index in [1.165, 1.54) is 0 Å². The highest BCUT2D eigenvalue weighted by Crippen LogP contribution is 2.43. The van der Waals surface area contributed by atoms with Gasteiger partial charge in [0.05, 0.1) is 13.2 Å². The van der Waals surface area contributed by atoms with Crippen LogP contribution in [0.25, 0.3) is 0 Å². The zero-order chi connectivity index (χ0) is 23.0. The van der Waals surface area contributed by atoms with E-state index in [9.17, 15) is 4.57 Å². The van der Waals surface area contributed by atoms with Crippen molar-refractivity contribution >= 4 is 13.5 Å². The molecule has 3 rings (SSSR count). The topological polar surface area (TPSA) is 124 Å². The van der Waals surface area contributed by atoms with Crippen molar-refractivity contribution in [3.05, 3.63) is 65.7 Å². The molecule has 2 atom stereocenters. The SMILES string of the molecule is CC(=NCOCCOc1ccccc1)c1ccc([C@@H]2CC[C@](N)(COP(=O)(O)O)C2)cc1. The molecule has 0 aliphatic heterocycles. The molecule has 0 spiro atoms. The van der Waals surface area contributed by atoms with Gasteiger partial charge in [-0.25, -0.2) is 4.57 Å². The quantitative estimate of drug-likeness (QED) is 0.265. The summed E-state index contributed by atoms with van der Waals surface area (Å²) in [6, 6.07) is 17.8. The van der Waals surface area contributed by atoms with Gasteiger partial charge in [-0.1, -0.05) is 42.5 Å². The Kier molecular flexibility index (Phi) is 8.59. The highest BCUT2D eigenvalue weighted by Gasteiger charge is 2.38. The molecule has 1 saturated carbocycles. The smallest absolute Gasteiger partial charge is 0.469 e. The van der Waals surface area contributed by atoms with Crippen LogP contribution in [-0.2, 0) is 13.8 Å². The predicted octanol–water partition coefficient (Wildman–Crippen LogP) is 3.62. The van der Waals surface area contributed by atoms with Gasteiger partial charge in [-0.15, -0.1) is 0 Å². The number of nitrogens with two attached hydrogens (primary N) is 1. The molecule has 4 N–H and O–H groups in total. The summed E-state index contributed by atoms with van der Waals surface area (Å²) in [6.07, 6.45) is 2.13. The Morgan fingerprint density at radius 1 is 1.16 bits per heavy atom. The van der Waals surface area contributed by atoms with E-state index in [1.807, 2.05) is 49.4 Å². The monoisotopic (exact) mass is 462 g/mol. The van der Waals surface area contributed by atoms with Crippen LogP contribution < -0.4 is 10.5 Å². The van der Waals surface area contributed by atoms with Crippen LogP contribution in [0.3, 0.4) is 0 Å². The third-order valence-electron chi connectivity index (χ3n) is 5.60. The predicted molar refractivity (Wildman–Crippen MR) is 123 cm³/mol. The first-order chi connectivity index (χ1) is 15.2. The molecule has 0 unspecified atom stereocenters. The van der Waals surface area contributed by atoms with Crippen LogP contribution in [0.2, 0.25) is 0 Å². The normalized spacial score (nSPS) is 21.6. The fourth-order valence-electron chi connectivity index (χ4n) is 3.81. The Bertz CT molecular complexity index is 931. The molecule has 174 valence electrons. The first-order valence-electron chi connectivity index (χ1n) is 10.6. The summed E-state index contributed by atoms with van der Waals surface area (Å²) in [5.74, 6) is 1.05. The number of rotatable bonds is 11. The average Bonchev–Trinajstić information content (AvgIpc) is 3.17. The van der Waals surface area contributed by atoms with Gasteiger partial charge < -0.3 is 25.0 Å². The number of nitrogens with zero attached hydrogens (tertiary/aromatic N) is 1. The Hall–Kier alpha value is -2.06. The van der Waals surface area contributed by atoms with E-state index in [4.69, 9.17) is 25.0 Å². The lowest BCUT2D eigenvalue weighted by Gasteiger charge is -2.24. The molecule has 1 fully saturated rings. The summed E-state index contributed by atoms with van der Waals surface area (Å²) >= 11 is 0. The van der Waals surface area contributed by atoms with E-state index in [0.717, 1.165) is 29.0 Å². The first-order valence-corrected chi connectivity index (χ1v) is 12.1. The van der Waals surface area contributed by atoms with Gasteiger partial charge in [0.15, 0.2) is 0 Å². The van der Waals surface area contributed by atoms with Gasteiger partial charge in [0.2, 0.25) is 0 Å². The van der Waals surface area contributed by atoms with Gasteiger partial charge in [0.1, 0.15) is 19.1 Å². The van der Waals surface area contributed by atoms with Crippen LogP contribution in [-0.4, -0.2) is 47.6 Å². The zero-order valence-electron chi connectivity index (χ0n) is 18.2. The molecule has 1 aliphatic rings. The molecule has 0 amide bonds. The second-order valence-electron chi connectivity index (χ2n) is 8.13. The minimum Gasteiger partial charge on any atom is -0.491 e. The number of para-hydroxylation sites is 1. The van der Waals surface area contributed by atoms with Crippen LogP contribution >= 0.6 is 7.82 Å². The van der Waals surface area contributed by atoms with E-state index < -0.39 is 13.4 Å². The van der Waals surface area contributed by atoms with Crippen molar-refractivity contribution in [2.75, 3.05) is 26.6 Å².